The molecular formula is C15H25NO4. The maximum atomic E-state index is 5.97. The van der Waals surface area contributed by atoms with Crippen LogP contribution in [-0.4, -0.2) is 40.6 Å². The predicted molar refractivity (Wildman–Crippen MR) is 78.4 cm³/mol. The van der Waals surface area contributed by atoms with E-state index < -0.39 is 0 Å². The van der Waals surface area contributed by atoms with Crippen LogP contribution in [-0.2, 0) is 9.47 Å². The van der Waals surface area contributed by atoms with Gasteiger partial charge < -0.3 is 24.7 Å². The molecule has 0 aliphatic carbocycles. The Morgan fingerprint density at radius 2 is 1.80 bits per heavy atom. The van der Waals surface area contributed by atoms with Gasteiger partial charge in [0.15, 0.2) is 0 Å². The highest BCUT2D eigenvalue weighted by molar-refractivity contribution is 5.46. The molecule has 0 fully saturated rings. The number of hydrogen-bond acceptors (Lipinski definition) is 5. The minimum Gasteiger partial charge on any atom is -0.496 e. The molecule has 5 heteroatoms. The third-order valence-corrected chi connectivity index (χ3v) is 2.82. The second kappa shape index (κ2) is 9.58. The molecule has 0 aromatic heterocycles. The van der Waals surface area contributed by atoms with Crippen molar-refractivity contribution in [3.8, 4) is 11.5 Å². The first-order chi connectivity index (χ1) is 9.70. The van der Waals surface area contributed by atoms with Gasteiger partial charge in [-0.3, -0.25) is 0 Å². The highest BCUT2D eigenvalue weighted by Gasteiger charge is 2.13. The average Bonchev–Trinajstić information content (AvgIpc) is 2.45. The van der Waals surface area contributed by atoms with Gasteiger partial charge in [-0.2, -0.15) is 0 Å². The number of benzene rings is 1. The third kappa shape index (κ3) is 5.36. The van der Waals surface area contributed by atoms with Crippen LogP contribution in [0.4, 0.5) is 0 Å². The highest BCUT2D eigenvalue weighted by atomic mass is 16.5. The molecule has 0 saturated carbocycles. The largest absolute Gasteiger partial charge is 0.496 e. The lowest BCUT2D eigenvalue weighted by Gasteiger charge is -2.17. The molecule has 114 valence electrons. The molecule has 1 rings (SSSR count). The molecule has 0 aliphatic rings. The van der Waals surface area contributed by atoms with E-state index in [0.717, 1.165) is 23.5 Å². The summed E-state index contributed by atoms with van der Waals surface area (Å²) in [6.45, 7) is 4.33. The van der Waals surface area contributed by atoms with E-state index in [1.54, 1.807) is 14.2 Å². The Morgan fingerprint density at radius 3 is 2.45 bits per heavy atom. The van der Waals surface area contributed by atoms with Gasteiger partial charge in [-0.05, 0) is 25.5 Å². The van der Waals surface area contributed by atoms with Gasteiger partial charge in [-0.25, -0.2) is 0 Å². The van der Waals surface area contributed by atoms with Crippen LogP contribution in [0.25, 0.3) is 0 Å². The monoisotopic (exact) mass is 283 g/mol. The number of hydrogen-bond donors (Lipinski definition) is 1. The molecule has 5 nitrogen and oxygen atoms in total. The first kappa shape index (κ1) is 16.8. The maximum absolute atomic E-state index is 5.97. The number of methoxy groups -OCH3 is 2. The molecule has 0 amide bonds. The van der Waals surface area contributed by atoms with Crippen molar-refractivity contribution in [3.05, 3.63) is 23.8 Å². The first-order valence-electron chi connectivity index (χ1n) is 6.82. The van der Waals surface area contributed by atoms with Gasteiger partial charge in [-0.1, -0.05) is 6.07 Å². The molecule has 0 aliphatic heterocycles. The molecule has 1 aromatic rings. The molecule has 2 N–H and O–H groups in total. The maximum Gasteiger partial charge on any atom is 0.127 e. The van der Waals surface area contributed by atoms with Crippen molar-refractivity contribution in [2.75, 3.05) is 40.6 Å². The van der Waals surface area contributed by atoms with Crippen LogP contribution in [0.5, 0.6) is 11.5 Å². The van der Waals surface area contributed by atoms with Crippen molar-refractivity contribution < 1.29 is 18.9 Å². The van der Waals surface area contributed by atoms with E-state index in [9.17, 15) is 0 Å². The smallest absolute Gasteiger partial charge is 0.127 e. The predicted octanol–water partition coefficient (Wildman–Crippen LogP) is 2.15. The Balaban J connectivity index is 2.43. The summed E-state index contributed by atoms with van der Waals surface area (Å²) in [7, 11) is 3.31. The molecule has 0 bridgehead atoms. The molecule has 0 saturated heterocycles. The Bertz CT molecular complexity index is 382. The number of rotatable bonds is 10. The Hall–Kier alpha value is -1.30. The topological polar surface area (TPSA) is 62.9 Å². The summed E-state index contributed by atoms with van der Waals surface area (Å²) < 4.78 is 21.4. The fourth-order valence-corrected chi connectivity index (χ4v) is 1.89. The summed E-state index contributed by atoms with van der Waals surface area (Å²) in [6.07, 6.45) is 0.890. The Labute approximate surface area is 121 Å². The summed E-state index contributed by atoms with van der Waals surface area (Å²) in [5.41, 5.74) is 6.85. The molecular weight excluding hydrogens is 258 g/mol. The molecule has 20 heavy (non-hydrogen) atoms. The van der Waals surface area contributed by atoms with Gasteiger partial charge in [0.2, 0.25) is 0 Å². The molecule has 0 spiro atoms. The second-order valence-electron chi connectivity index (χ2n) is 4.47. The fourth-order valence-electron chi connectivity index (χ4n) is 1.89. The van der Waals surface area contributed by atoms with Gasteiger partial charge >= 0.3 is 0 Å². The first-order valence-corrected chi connectivity index (χ1v) is 6.82. The normalized spacial score (nSPS) is 12.2. The zero-order chi connectivity index (χ0) is 14.8. The lowest BCUT2D eigenvalue weighted by atomic mass is 10.1. The van der Waals surface area contributed by atoms with Gasteiger partial charge in [0.05, 0.1) is 19.3 Å². The van der Waals surface area contributed by atoms with E-state index in [2.05, 4.69) is 0 Å². The van der Waals surface area contributed by atoms with Crippen LogP contribution in [0.1, 0.15) is 24.9 Å². The van der Waals surface area contributed by atoms with E-state index in [4.69, 9.17) is 24.7 Å². The van der Waals surface area contributed by atoms with E-state index >= 15 is 0 Å². The second-order valence-corrected chi connectivity index (χ2v) is 4.47. The quantitative estimate of drug-likeness (QED) is 0.667. The summed E-state index contributed by atoms with van der Waals surface area (Å²) in [4.78, 5) is 0. The van der Waals surface area contributed by atoms with Crippen molar-refractivity contribution in [2.24, 2.45) is 5.73 Å². The molecule has 1 aromatic carbocycles. The van der Waals surface area contributed by atoms with Crippen LogP contribution in [0.15, 0.2) is 18.2 Å². The van der Waals surface area contributed by atoms with Crippen molar-refractivity contribution in [2.45, 2.75) is 19.4 Å². The molecule has 1 unspecified atom stereocenters. The Kier molecular flexibility index (Phi) is 8.02. The van der Waals surface area contributed by atoms with Crippen LogP contribution in [0.3, 0.4) is 0 Å². The molecule has 0 radical (unpaired) electrons. The van der Waals surface area contributed by atoms with E-state index in [1.165, 1.54) is 0 Å². The van der Waals surface area contributed by atoms with Gasteiger partial charge in [0.1, 0.15) is 18.1 Å². The summed E-state index contributed by atoms with van der Waals surface area (Å²) in [5, 5.41) is 0. The van der Waals surface area contributed by atoms with Crippen LogP contribution in [0.2, 0.25) is 0 Å². The van der Waals surface area contributed by atoms with Gasteiger partial charge in [-0.15, -0.1) is 0 Å². The van der Waals surface area contributed by atoms with E-state index in [-0.39, 0.29) is 6.04 Å². The van der Waals surface area contributed by atoms with Crippen molar-refractivity contribution in [3.63, 3.8) is 0 Å². The van der Waals surface area contributed by atoms with Crippen molar-refractivity contribution in [1.82, 2.24) is 0 Å². The van der Waals surface area contributed by atoms with Crippen molar-refractivity contribution in [1.29, 1.82) is 0 Å². The van der Waals surface area contributed by atoms with Gasteiger partial charge in [0.25, 0.3) is 0 Å². The Morgan fingerprint density at radius 1 is 1.05 bits per heavy atom. The van der Waals surface area contributed by atoms with Crippen molar-refractivity contribution >= 4 is 0 Å². The number of nitrogens with two attached hydrogens (primary N) is 1. The zero-order valence-electron chi connectivity index (χ0n) is 12.6. The van der Waals surface area contributed by atoms with E-state index in [0.29, 0.717) is 26.4 Å². The fraction of sp³-hybridized carbons (Fsp3) is 0.600. The molecule has 0 heterocycles. The van der Waals surface area contributed by atoms with Crippen LogP contribution >= 0.6 is 0 Å². The third-order valence-electron chi connectivity index (χ3n) is 2.82. The minimum atomic E-state index is -0.149. The highest BCUT2D eigenvalue weighted by Crippen LogP contribution is 2.32. The molecule has 1 atom stereocenters. The zero-order valence-corrected chi connectivity index (χ0v) is 12.6. The summed E-state index contributed by atoms with van der Waals surface area (Å²) in [6, 6.07) is 5.52. The lowest BCUT2D eigenvalue weighted by Crippen LogP contribution is -2.13. The van der Waals surface area contributed by atoms with Crippen LogP contribution in [0, 0.1) is 0 Å². The standard InChI is InChI=1S/C15H25NO4/c1-12(16)15-13(18-3)6-4-7-14(15)20-11-10-19-9-5-8-17-2/h4,6-7,12H,5,8-11,16H2,1-3H3. The lowest BCUT2D eigenvalue weighted by molar-refractivity contribution is 0.0803. The minimum absolute atomic E-state index is 0.149. The summed E-state index contributed by atoms with van der Waals surface area (Å²) >= 11 is 0. The number of ether oxygens (including phenoxy) is 4. The summed E-state index contributed by atoms with van der Waals surface area (Å²) in [5.74, 6) is 1.50. The van der Waals surface area contributed by atoms with Gasteiger partial charge in [0, 0.05) is 26.4 Å². The van der Waals surface area contributed by atoms with Crippen LogP contribution < -0.4 is 15.2 Å². The SMILES string of the molecule is COCCCOCCOc1cccc(OC)c1C(C)N. The van der Waals surface area contributed by atoms with E-state index in [1.807, 2.05) is 25.1 Å². The average molecular weight is 283 g/mol.